The Hall–Kier alpha value is 2.88. The molecule has 71 heavy (non-hydrogen) atoms. The first kappa shape index (κ1) is 93.2. The highest BCUT2D eigenvalue weighted by Crippen LogP contribution is 2.28. The van der Waals surface area contributed by atoms with Gasteiger partial charge in [-0.15, -0.1) is 23.5 Å². The van der Waals surface area contributed by atoms with Crippen molar-refractivity contribution in [2.75, 3.05) is 152 Å². The zero-order valence-electron chi connectivity index (χ0n) is 42.9. The highest BCUT2D eigenvalue weighted by Gasteiger charge is 2.06. The van der Waals surface area contributed by atoms with Crippen LogP contribution in [0, 0.1) is 0 Å². The molecule has 0 saturated heterocycles. The molecule has 0 aromatic heterocycles. The molecule has 420 valence electrons. The SMILES string of the molecule is C.CN(C)C(=S)SSC(=S)N(C)C.CN(C)C(=S)SSC(=S)N(C)C.COC(=S)SC.COC(=S)SC.COC(=S)SSC(=S)OC.COC(=S)SSC(=S)OC.CSC(=S)N(C)C.CSC(=S)N(C)C. The van der Waals surface area contributed by atoms with Crippen molar-refractivity contribution in [2.24, 2.45) is 0 Å². The van der Waals surface area contributed by atoms with Gasteiger partial charge in [0.25, 0.3) is 0 Å². The molecule has 0 aliphatic rings. The molecule has 0 rings (SSSR count). The molecule has 0 radical (unpaired) electrons. The molecule has 0 atom stereocenters. The molecule has 0 amide bonds. The van der Waals surface area contributed by atoms with Crippen LogP contribution in [0.5, 0.6) is 0 Å². The lowest BCUT2D eigenvalue weighted by molar-refractivity contribution is 0.426. The minimum absolute atomic E-state index is 0. The van der Waals surface area contributed by atoms with E-state index >= 15 is 0 Å². The second-order valence-corrected chi connectivity index (χ2v) is 30.3. The van der Waals surface area contributed by atoms with Crippen molar-refractivity contribution in [3.05, 3.63) is 0 Å². The van der Waals surface area contributed by atoms with Crippen LogP contribution in [0.2, 0.25) is 0 Å². The molecule has 0 aliphatic carbocycles. The van der Waals surface area contributed by atoms with E-state index in [9.17, 15) is 0 Å². The zero-order valence-corrected chi connectivity index (χ0v) is 62.5. The minimum Gasteiger partial charge on any atom is -0.482 e. The number of rotatable bonds is 0. The Bertz CT molecular complexity index is 1320. The van der Waals surface area contributed by atoms with Gasteiger partial charge in [0.05, 0.1) is 42.7 Å². The summed E-state index contributed by atoms with van der Waals surface area (Å²) in [5.74, 6) is 0. The van der Waals surface area contributed by atoms with Gasteiger partial charge in [-0.3, -0.25) is 0 Å². The number of hydrogen-bond acceptors (Lipinski definition) is 30. The molecule has 36 heteroatoms. The molecule has 12 nitrogen and oxygen atoms in total. The summed E-state index contributed by atoms with van der Waals surface area (Å²) in [5, 5.41) is 0. The van der Waals surface area contributed by atoms with E-state index in [-0.39, 0.29) is 7.43 Å². The predicted molar refractivity (Wildman–Crippen MR) is 397 cm³/mol. The van der Waals surface area contributed by atoms with E-state index in [1.165, 1.54) is 138 Å². The van der Waals surface area contributed by atoms with E-state index in [4.69, 9.17) is 141 Å². The third-order valence-corrected chi connectivity index (χ3v) is 25.0. The van der Waals surface area contributed by atoms with Crippen LogP contribution in [-0.4, -0.2) is 234 Å². The molecule has 0 heterocycles. The first-order valence-corrected chi connectivity index (χ1v) is 36.0. The molecule has 0 aromatic rings. The highest BCUT2D eigenvalue weighted by molar-refractivity contribution is 8.90. The number of methoxy groups -OCH3 is 6. The molecular weight excluding hydrogens is 1370 g/mol. The van der Waals surface area contributed by atoms with E-state index in [2.05, 4.69) is 33.9 Å². The van der Waals surface area contributed by atoms with E-state index < -0.39 is 0 Å². The second-order valence-electron chi connectivity index (χ2n) is 11.2. The van der Waals surface area contributed by atoms with Gasteiger partial charge in [-0.1, -0.05) is 104 Å². The van der Waals surface area contributed by atoms with Crippen molar-refractivity contribution in [1.29, 1.82) is 0 Å². The number of thiocarbonyl (C=S) groups is 12. The molecule has 0 fully saturated rings. The lowest BCUT2D eigenvalue weighted by atomic mass is 11.0. The lowest BCUT2D eigenvalue weighted by Crippen LogP contribution is -2.18. The Balaban J connectivity index is -0.0000000894. The van der Waals surface area contributed by atoms with Crippen LogP contribution in [0.25, 0.3) is 0 Å². The van der Waals surface area contributed by atoms with Crippen LogP contribution in [0.3, 0.4) is 0 Å². The van der Waals surface area contributed by atoms with Crippen molar-refractivity contribution in [1.82, 2.24) is 29.4 Å². The van der Waals surface area contributed by atoms with Crippen molar-refractivity contribution in [2.45, 2.75) is 7.43 Å². The maximum absolute atomic E-state index is 5.07. The Morgan fingerprint density at radius 1 is 0.239 bits per heavy atom. The van der Waals surface area contributed by atoms with Gasteiger partial charge in [-0.2, -0.15) is 0 Å². The summed E-state index contributed by atoms with van der Waals surface area (Å²) in [6, 6.07) is 0. The summed E-state index contributed by atoms with van der Waals surface area (Å²) in [4.78, 5) is 11.4. The van der Waals surface area contributed by atoms with Crippen LogP contribution in [0.15, 0.2) is 0 Å². The zero-order chi connectivity index (χ0) is 57.1. The van der Waals surface area contributed by atoms with Crippen molar-refractivity contribution in [3.8, 4) is 0 Å². The van der Waals surface area contributed by atoms with Crippen LogP contribution in [0.4, 0.5) is 0 Å². The first-order valence-electron chi connectivity index (χ1n) is 17.6. The summed E-state index contributed by atoms with van der Waals surface area (Å²) in [7, 11) is 43.5. The van der Waals surface area contributed by atoms with Crippen LogP contribution in [0.1, 0.15) is 7.43 Å². The average Bonchev–Trinajstić information content (AvgIpc) is 3.34. The number of nitrogens with zero attached hydrogens (tertiary/aromatic N) is 6. The van der Waals surface area contributed by atoms with Gasteiger partial charge >= 0.3 is 0 Å². The van der Waals surface area contributed by atoms with E-state index in [1.807, 2.05) is 139 Å². The van der Waals surface area contributed by atoms with Crippen LogP contribution in [-0.2, 0) is 28.4 Å². The first-order chi connectivity index (χ1) is 32.3. The van der Waals surface area contributed by atoms with Gasteiger partial charge in [-0.05, 0) is 142 Å². The Morgan fingerprint density at radius 2 is 0.380 bits per heavy atom. The minimum atomic E-state index is 0. The van der Waals surface area contributed by atoms with Gasteiger partial charge in [0.15, 0.2) is 0 Å². The lowest BCUT2D eigenvalue weighted by Gasteiger charge is -2.15. The van der Waals surface area contributed by atoms with E-state index in [0.29, 0.717) is 26.3 Å². The fourth-order valence-corrected chi connectivity index (χ4v) is 10.5. The topological polar surface area (TPSA) is 74.8 Å². The molecule has 0 spiro atoms. The Kier molecular flexibility index (Phi) is 88.2. The molecule has 0 aliphatic heterocycles. The Morgan fingerprint density at radius 3 is 0.437 bits per heavy atom. The van der Waals surface area contributed by atoms with Crippen molar-refractivity contribution < 1.29 is 28.4 Å². The third-order valence-electron chi connectivity index (χ3n) is 4.60. The average molecular weight is 1440 g/mol. The van der Waals surface area contributed by atoms with Gasteiger partial charge < -0.3 is 57.8 Å². The predicted octanol–water partition coefficient (Wildman–Crippen LogP) is 14.2. The summed E-state index contributed by atoms with van der Waals surface area (Å²) >= 11 is 64.2. The molecule has 0 aromatic carbocycles. The molecule has 0 bridgehead atoms. The maximum Gasteiger partial charge on any atom is 0.231 e. The Labute approximate surface area is 542 Å². The summed E-state index contributed by atoms with van der Waals surface area (Å²) in [6.07, 6.45) is 7.71. The molecule has 0 N–H and O–H groups in total. The van der Waals surface area contributed by atoms with Crippen LogP contribution >= 0.6 is 280 Å². The smallest absolute Gasteiger partial charge is 0.231 e. The second kappa shape index (κ2) is 67.2. The highest BCUT2D eigenvalue weighted by atomic mass is 33.1. The number of ether oxygens (including phenoxy) is 6. The molecule has 0 unspecified atom stereocenters. The quantitative estimate of drug-likeness (QED) is 0.170. The third kappa shape index (κ3) is 81.9. The standard InChI is InChI=1S/2C6H12N2S4.2C4H9NS2.2C4H6O2S4.2C3H6OS2.CH4/c2*1-7(2)5(9)11-12-6(10)8(3)4;2*1-5(2)4(6)7-3;2*1-5-3(7)9-10-4(8)6-2;2*1-4-3(5)6-2;/h2*1-4H3;2*1-3H3;2*1-2H3;2*1-2H3;1H4. The van der Waals surface area contributed by atoms with Crippen molar-refractivity contribution in [3.63, 3.8) is 0 Å². The van der Waals surface area contributed by atoms with E-state index in [1.54, 1.807) is 37.7 Å². The maximum atomic E-state index is 5.07. The summed E-state index contributed by atoms with van der Waals surface area (Å²) in [5.41, 5.74) is 0. The number of thioether (sulfide) groups is 4. The summed E-state index contributed by atoms with van der Waals surface area (Å²) < 4.78 is 36.2. The van der Waals surface area contributed by atoms with Gasteiger partial charge in [-0.25, -0.2) is 0 Å². The molecular formula is C35H70N6O6S24. The normalized spacial score (nSPS) is 8.54. The fourth-order valence-electron chi connectivity index (χ4n) is 1.24. The van der Waals surface area contributed by atoms with Crippen molar-refractivity contribution >= 4 is 332 Å². The molecule has 0 saturated carbocycles. The number of hydrogen-bond donors (Lipinski definition) is 0. The summed E-state index contributed by atoms with van der Waals surface area (Å²) in [6.45, 7) is 0. The van der Waals surface area contributed by atoms with Gasteiger partial charge in [0.1, 0.15) is 25.9 Å². The monoisotopic (exact) mass is 1440 g/mol. The largest absolute Gasteiger partial charge is 0.482 e. The van der Waals surface area contributed by atoms with E-state index in [0.717, 1.165) is 25.9 Å². The van der Waals surface area contributed by atoms with Crippen LogP contribution < -0.4 is 0 Å². The van der Waals surface area contributed by atoms with Gasteiger partial charge in [0, 0.05) is 128 Å². The van der Waals surface area contributed by atoms with Gasteiger partial charge in [0.2, 0.25) is 26.3 Å². The fraction of sp³-hybridized carbons (Fsp3) is 0.657.